The number of rotatable bonds is 15. The highest BCUT2D eigenvalue weighted by molar-refractivity contribution is 7.98. The molecule has 2 aliphatic carbocycles. The van der Waals surface area contributed by atoms with Gasteiger partial charge < -0.3 is 10.1 Å². The molecule has 2 aliphatic rings. The summed E-state index contributed by atoms with van der Waals surface area (Å²) in [5, 5.41) is 3.83. The van der Waals surface area contributed by atoms with E-state index in [9.17, 15) is 9.59 Å². The molecular formula is C29H38N2O2S. The van der Waals surface area contributed by atoms with Gasteiger partial charge in [0, 0.05) is 35.3 Å². The summed E-state index contributed by atoms with van der Waals surface area (Å²) in [6, 6.07) is 15.5. The fourth-order valence-electron chi connectivity index (χ4n) is 4.83. The van der Waals surface area contributed by atoms with Crippen molar-refractivity contribution in [3.8, 4) is 0 Å². The molecule has 0 aliphatic heterocycles. The molecule has 1 unspecified atom stereocenters. The number of nitrogens with one attached hydrogen (secondary N) is 1. The smallest absolute Gasteiger partial charge is 0.150 e. The lowest BCUT2D eigenvalue weighted by Crippen LogP contribution is -2.32. The van der Waals surface area contributed by atoms with Crippen LogP contribution in [-0.2, 0) is 23.6 Å². The van der Waals surface area contributed by atoms with Crippen molar-refractivity contribution >= 4 is 24.3 Å². The Balaban J connectivity index is 1.36. The van der Waals surface area contributed by atoms with E-state index in [1.165, 1.54) is 36.8 Å². The summed E-state index contributed by atoms with van der Waals surface area (Å²) >= 11 is 1.76. The zero-order valence-electron chi connectivity index (χ0n) is 20.5. The Labute approximate surface area is 208 Å². The molecule has 0 saturated heterocycles. The Morgan fingerprint density at radius 2 is 1.71 bits per heavy atom. The Bertz CT molecular complexity index is 941. The van der Waals surface area contributed by atoms with Crippen LogP contribution in [0.4, 0.5) is 0 Å². The maximum absolute atomic E-state index is 11.7. The van der Waals surface area contributed by atoms with Crippen LogP contribution in [0.5, 0.6) is 0 Å². The molecule has 0 heterocycles. The van der Waals surface area contributed by atoms with Gasteiger partial charge >= 0.3 is 0 Å². The van der Waals surface area contributed by atoms with Crippen LogP contribution < -0.4 is 5.32 Å². The molecule has 0 amide bonds. The Kier molecular flexibility index (Phi) is 8.98. The molecule has 0 radical (unpaired) electrons. The molecule has 2 fully saturated rings. The molecule has 0 bridgehead atoms. The van der Waals surface area contributed by atoms with Crippen LogP contribution >= 0.6 is 11.8 Å². The first kappa shape index (κ1) is 25.2. The Morgan fingerprint density at radius 1 is 1.03 bits per heavy atom. The maximum atomic E-state index is 11.7. The summed E-state index contributed by atoms with van der Waals surface area (Å²) in [5.74, 6) is 2.69. The van der Waals surface area contributed by atoms with Gasteiger partial charge in [-0.2, -0.15) is 0 Å². The third kappa shape index (κ3) is 6.80. The molecule has 4 nitrogen and oxygen atoms in total. The molecular weight excluding hydrogens is 440 g/mol. The second-order valence-electron chi connectivity index (χ2n) is 10.0. The van der Waals surface area contributed by atoms with Crippen LogP contribution in [-0.4, -0.2) is 36.6 Å². The van der Waals surface area contributed by atoms with E-state index in [0.717, 1.165) is 66.0 Å². The number of hydrogen-bond acceptors (Lipinski definition) is 5. The number of carbonyl (C=O) groups excluding carboxylic acids is 2. The monoisotopic (exact) mass is 478 g/mol. The van der Waals surface area contributed by atoms with E-state index in [0.29, 0.717) is 12.1 Å². The van der Waals surface area contributed by atoms with Crippen molar-refractivity contribution in [2.75, 3.05) is 7.05 Å². The van der Waals surface area contributed by atoms with Gasteiger partial charge in [0.25, 0.3) is 0 Å². The van der Waals surface area contributed by atoms with E-state index < -0.39 is 0 Å². The highest BCUT2D eigenvalue weighted by atomic mass is 32.2. The highest BCUT2D eigenvalue weighted by Crippen LogP contribution is 2.44. The zero-order valence-corrected chi connectivity index (χ0v) is 21.4. The van der Waals surface area contributed by atoms with Crippen LogP contribution in [0.15, 0.2) is 47.4 Å². The van der Waals surface area contributed by atoms with Gasteiger partial charge in [0.1, 0.15) is 12.6 Å². The van der Waals surface area contributed by atoms with E-state index in [1.54, 1.807) is 11.8 Å². The van der Waals surface area contributed by atoms with Gasteiger partial charge in [0.15, 0.2) is 0 Å². The number of nitrogens with zero attached hydrogens (tertiary/aromatic N) is 1. The third-order valence-electron chi connectivity index (χ3n) is 7.23. The number of aldehydes is 2. The van der Waals surface area contributed by atoms with Gasteiger partial charge in [-0.1, -0.05) is 49.7 Å². The minimum atomic E-state index is -0.122. The van der Waals surface area contributed by atoms with Crippen LogP contribution in [0.2, 0.25) is 0 Å². The standard InChI is InChI=1S/C29H38N2O2S/c1-3-5-26(19-33)31(2)17-27-25(18-32)6-4-7-28(27)34-20-22-10-8-21(9-11-22)16-30-29(23-12-13-23)24-14-15-24/h4,6-11,18-19,23-24,26,29-30H,3,5,12-17,20H2,1-2H3. The number of carbonyl (C=O) groups is 2. The van der Waals surface area contributed by atoms with Crippen LogP contribution in [0.3, 0.4) is 0 Å². The molecule has 0 aromatic heterocycles. The number of hydrogen-bond donors (Lipinski definition) is 1. The molecule has 182 valence electrons. The zero-order chi connectivity index (χ0) is 23.9. The molecule has 34 heavy (non-hydrogen) atoms. The molecule has 5 heteroatoms. The van der Waals surface area contributed by atoms with E-state index in [-0.39, 0.29) is 6.04 Å². The van der Waals surface area contributed by atoms with Crippen LogP contribution in [0.25, 0.3) is 0 Å². The first-order valence-corrected chi connectivity index (χ1v) is 13.8. The van der Waals surface area contributed by atoms with E-state index in [2.05, 4.69) is 47.5 Å². The normalized spacial score (nSPS) is 16.7. The first-order chi connectivity index (χ1) is 16.6. The van der Waals surface area contributed by atoms with Crippen molar-refractivity contribution in [2.45, 2.75) is 81.3 Å². The summed E-state index contributed by atoms with van der Waals surface area (Å²) in [5.41, 5.74) is 4.35. The minimum Gasteiger partial charge on any atom is -0.309 e. The predicted octanol–water partition coefficient (Wildman–Crippen LogP) is 5.87. The number of benzene rings is 2. The second kappa shape index (κ2) is 12.1. The fourth-order valence-corrected chi connectivity index (χ4v) is 5.88. The lowest BCUT2D eigenvalue weighted by atomic mass is 10.1. The van der Waals surface area contributed by atoms with Crippen LogP contribution in [0.1, 0.15) is 72.5 Å². The molecule has 4 rings (SSSR count). The van der Waals surface area contributed by atoms with E-state index in [1.807, 2.05) is 19.2 Å². The fraction of sp³-hybridized carbons (Fsp3) is 0.517. The van der Waals surface area contributed by atoms with Gasteiger partial charge in [-0.25, -0.2) is 0 Å². The Morgan fingerprint density at radius 3 is 2.29 bits per heavy atom. The van der Waals surface area contributed by atoms with E-state index in [4.69, 9.17) is 0 Å². The molecule has 1 atom stereocenters. The molecule has 2 aromatic rings. The van der Waals surface area contributed by atoms with Crippen molar-refractivity contribution in [1.29, 1.82) is 0 Å². The highest BCUT2D eigenvalue weighted by Gasteiger charge is 2.40. The van der Waals surface area contributed by atoms with Crippen molar-refractivity contribution in [1.82, 2.24) is 10.2 Å². The first-order valence-electron chi connectivity index (χ1n) is 12.8. The maximum Gasteiger partial charge on any atom is 0.150 e. The molecule has 2 saturated carbocycles. The summed E-state index contributed by atoms with van der Waals surface area (Å²) in [4.78, 5) is 26.4. The van der Waals surface area contributed by atoms with Gasteiger partial charge in [-0.15, -0.1) is 11.8 Å². The lowest BCUT2D eigenvalue weighted by Gasteiger charge is -2.25. The summed E-state index contributed by atoms with van der Waals surface area (Å²) in [6.07, 6.45) is 9.36. The average Bonchev–Trinajstić information content (AvgIpc) is 3.77. The topological polar surface area (TPSA) is 49.4 Å². The molecule has 1 N–H and O–H groups in total. The number of thioether (sulfide) groups is 1. The van der Waals surface area contributed by atoms with E-state index >= 15 is 0 Å². The van der Waals surface area contributed by atoms with Crippen LogP contribution in [0, 0.1) is 11.8 Å². The van der Waals surface area contributed by atoms with Gasteiger partial charge in [0.2, 0.25) is 0 Å². The predicted molar refractivity (Wildman–Crippen MR) is 140 cm³/mol. The lowest BCUT2D eigenvalue weighted by molar-refractivity contribution is -0.112. The molecule has 2 aromatic carbocycles. The summed E-state index contributed by atoms with van der Waals surface area (Å²) < 4.78 is 0. The largest absolute Gasteiger partial charge is 0.309 e. The van der Waals surface area contributed by atoms with Crippen molar-refractivity contribution in [3.05, 3.63) is 64.7 Å². The summed E-state index contributed by atoms with van der Waals surface area (Å²) in [7, 11) is 1.97. The Hall–Kier alpha value is -1.95. The molecule has 0 spiro atoms. The van der Waals surface area contributed by atoms with Crippen molar-refractivity contribution in [3.63, 3.8) is 0 Å². The minimum absolute atomic E-state index is 0.122. The SMILES string of the molecule is CCCC(C=O)N(C)Cc1c(C=O)cccc1SCc1ccc(CNC(C2CC2)C2CC2)cc1. The van der Waals surface area contributed by atoms with Gasteiger partial charge in [-0.3, -0.25) is 9.69 Å². The third-order valence-corrected chi connectivity index (χ3v) is 8.40. The van der Waals surface area contributed by atoms with Crippen molar-refractivity contribution < 1.29 is 9.59 Å². The quantitative estimate of drug-likeness (QED) is 0.256. The summed E-state index contributed by atoms with van der Waals surface area (Å²) in [6.45, 7) is 3.64. The van der Waals surface area contributed by atoms with Crippen molar-refractivity contribution in [2.24, 2.45) is 11.8 Å². The van der Waals surface area contributed by atoms with Gasteiger partial charge in [0.05, 0.1) is 6.04 Å². The second-order valence-corrected chi connectivity index (χ2v) is 11.1. The number of likely N-dealkylation sites (N-methyl/N-ethyl adjacent to an activating group) is 1. The van der Waals surface area contributed by atoms with Gasteiger partial charge in [-0.05, 0) is 73.7 Å². The average molecular weight is 479 g/mol.